The van der Waals surface area contributed by atoms with Crippen molar-refractivity contribution in [2.75, 3.05) is 0 Å². The van der Waals surface area contributed by atoms with Crippen LogP contribution in [0.1, 0.15) is 47.5 Å². The molecule has 0 aliphatic carbocycles. The van der Waals surface area contributed by atoms with E-state index in [4.69, 9.17) is 0 Å². The normalized spacial score (nSPS) is 14.1. The molecular weight excluding hydrogens is 199 g/mol. The van der Waals surface area contributed by atoms with Crippen LogP contribution in [0.3, 0.4) is 0 Å². The van der Waals surface area contributed by atoms with Crippen molar-refractivity contribution in [1.82, 2.24) is 0 Å². The summed E-state index contributed by atoms with van der Waals surface area (Å²) in [6.45, 7) is 9.75. The smallest absolute Gasteiger partial charge is 0.192 e. The van der Waals surface area contributed by atoms with Crippen molar-refractivity contribution < 1.29 is 14.7 Å². The van der Waals surface area contributed by atoms with Gasteiger partial charge in [-0.05, 0) is 6.42 Å². The molecular formula is C10H24O3P+. The Morgan fingerprint density at radius 3 is 1.43 bits per heavy atom. The minimum Gasteiger partial charge on any atom is -0.192 e. The van der Waals surface area contributed by atoms with Crippen molar-refractivity contribution in [2.24, 2.45) is 11.8 Å². The van der Waals surface area contributed by atoms with E-state index in [1.54, 1.807) is 0 Å². The van der Waals surface area contributed by atoms with Crippen LogP contribution >= 0.6 is 7.94 Å². The molecule has 0 heterocycles. The molecule has 0 fully saturated rings. The fourth-order valence-corrected chi connectivity index (χ4v) is 4.40. The molecule has 0 saturated carbocycles. The highest BCUT2D eigenvalue weighted by Crippen LogP contribution is 2.66. The summed E-state index contributed by atoms with van der Waals surface area (Å²) >= 11 is 0. The first-order valence-electron chi connectivity index (χ1n) is 5.27. The van der Waals surface area contributed by atoms with Gasteiger partial charge in [-0.1, -0.05) is 41.0 Å². The molecule has 0 aliphatic heterocycles. The summed E-state index contributed by atoms with van der Waals surface area (Å²) in [5, 5.41) is -0.734. The standard InChI is InChI=1S/C10H24O3P/c1-6-7-10(8(2)3,9(4)5)14(11,12)13/h8-9,11-13H,6-7H2,1-5H3/q+1. The van der Waals surface area contributed by atoms with E-state index in [2.05, 4.69) is 0 Å². The van der Waals surface area contributed by atoms with Crippen molar-refractivity contribution in [3.05, 3.63) is 0 Å². The Labute approximate surface area is 87.8 Å². The van der Waals surface area contributed by atoms with E-state index < -0.39 is 13.1 Å². The van der Waals surface area contributed by atoms with Gasteiger partial charge in [-0.2, -0.15) is 14.7 Å². The molecule has 0 saturated heterocycles. The second-order valence-electron chi connectivity index (χ2n) is 4.62. The van der Waals surface area contributed by atoms with Gasteiger partial charge < -0.3 is 0 Å². The molecule has 0 bridgehead atoms. The predicted octanol–water partition coefficient (Wildman–Crippen LogP) is 2.58. The molecule has 0 aliphatic rings. The zero-order chi connectivity index (χ0) is 11.6. The Bertz CT molecular complexity index is 165. The van der Waals surface area contributed by atoms with Gasteiger partial charge in [0.2, 0.25) is 0 Å². The van der Waals surface area contributed by atoms with Crippen LogP contribution in [0.25, 0.3) is 0 Å². The van der Waals surface area contributed by atoms with E-state index in [9.17, 15) is 14.7 Å². The summed E-state index contributed by atoms with van der Waals surface area (Å²) in [7, 11) is -3.79. The molecule has 0 aromatic heterocycles. The lowest BCUT2D eigenvalue weighted by molar-refractivity contribution is 0.197. The minimum atomic E-state index is -3.79. The molecule has 3 nitrogen and oxygen atoms in total. The lowest BCUT2D eigenvalue weighted by Gasteiger charge is -2.38. The van der Waals surface area contributed by atoms with E-state index >= 15 is 0 Å². The summed E-state index contributed by atoms with van der Waals surface area (Å²) in [5.74, 6) is 0.131. The van der Waals surface area contributed by atoms with E-state index in [0.717, 1.165) is 6.42 Å². The maximum absolute atomic E-state index is 9.62. The third-order valence-corrected chi connectivity index (χ3v) is 5.58. The molecule has 0 spiro atoms. The molecule has 0 aromatic carbocycles. The summed E-state index contributed by atoms with van der Waals surface area (Å²) < 4.78 is 0. The summed E-state index contributed by atoms with van der Waals surface area (Å²) in [4.78, 5) is 28.9. The van der Waals surface area contributed by atoms with Crippen LogP contribution in [0.15, 0.2) is 0 Å². The number of hydrogen-bond donors (Lipinski definition) is 3. The molecule has 3 N–H and O–H groups in total. The van der Waals surface area contributed by atoms with Crippen LogP contribution in [-0.4, -0.2) is 19.8 Å². The first kappa shape index (κ1) is 14.3. The maximum atomic E-state index is 9.62. The van der Waals surface area contributed by atoms with Gasteiger partial charge in [-0.15, -0.1) is 0 Å². The number of hydrogen-bond acceptors (Lipinski definition) is 3. The third kappa shape index (κ3) is 2.46. The monoisotopic (exact) mass is 223 g/mol. The Morgan fingerprint density at radius 2 is 1.36 bits per heavy atom. The van der Waals surface area contributed by atoms with Gasteiger partial charge in [-0.3, -0.25) is 0 Å². The fourth-order valence-electron chi connectivity index (χ4n) is 2.49. The van der Waals surface area contributed by atoms with E-state index in [-0.39, 0.29) is 11.8 Å². The van der Waals surface area contributed by atoms with Gasteiger partial charge in [0.25, 0.3) is 0 Å². The van der Waals surface area contributed by atoms with Crippen LogP contribution in [0.5, 0.6) is 0 Å². The topological polar surface area (TPSA) is 60.7 Å². The second kappa shape index (κ2) is 4.89. The first-order chi connectivity index (χ1) is 6.20. The van der Waals surface area contributed by atoms with Gasteiger partial charge in [0.1, 0.15) is 0 Å². The van der Waals surface area contributed by atoms with Crippen molar-refractivity contribution >= 4 is 7.94 Å². The molecule has 86 valence electrons. The van der Waals surface area contributed by atoms with Crippen LogP contribution in [0.4, 0.5) is 0 Å². The average molecular weight is 223 g/mol. The highest BCUT2D eigenvalue weighted by molar-refractivity contribution is 7.60. The van der Waals surface area contributed by atoms with E-state index in [1.807, 2.05) is 34.6 Å². The quantitative estimate of drug-likeness (QED) is 0.628. The molecule has 0 radical (unpaired) electrons. The minimum absolute atomic E-state index is 0.0655. The van der Waals surface area contributed by atoms with E-state index in [1.165, 1.54) is 0 Å². The van der Waals surface area contributed by atoms with Crippen LogP contribution < -0.4 is 0 Å². The lowest BCUT2D eigenvalue weighted by atomic mass is 9.81. The van der Waals surface area contributed by atoms with Crippen LogP contribution in [0.2, 0.25) is 0 Å². The lowest BCUT2D eigenvalue weighted by Crippen LogP contribution is -2.42. The largest absolute Gasteiger partial charge is 0.410 e. The van der Waals surface area contributed by atoms with Gasteiger partial charge in [0.05, 0.1) is 0 Å². The Kier molecular flexibility index (Phi) is 5.00. The molecule has 0 rings (SSSR count). The Morgan fingerprint density at radius 1 is 1.00 bits per heavy atom. The second-order valence-corrected chi connectivity index (χ2v) is 6.59. The first-order valence-corrected chi connectivity index (χ1v) is 6.92. The zero-order valence-electron chi connectivity index (χ0n) is 9.86. The molecule has 14 heavy (non-hydrogen) atoms. The van der Waals surface area contributed by atoms with Gasteiger partial charge in [0.15, 0.2) is 5.16 Å². The molecule has 0 aromatic rings. The summed E-state index contributed by atoms with van der Waals surface area (Å²) in [6, 6.07) is 0. The fraction of sp³-hybridized carbons (Fsp3) is 1.00. The summed E-state index contributed by atoms with van der Waals surface area (Å²) in [5.41, 5.74) is 0. The van der Waals surface area contributed by atoms with Crippen molar-refractivity contribution in [3.8, 4) is 0 Å². The SMILES string of the molecule is CCCC(C(C)C)(C(C)C)[P+](O)(O)O. The van der Waals surface area contributed by atoms with Crippen molar-refractivity contribution in [3.63, 3.8) is 0 Å². The third-order valence-electron chi connectivity index (χ3n) is 3.21. The zero-order valence-corrected chi connectivity index (χ0v) is 10.8. The van der Waals surface area contributed by atoms with Crippen LogP contribution in [-0.2, 0) is 0 Å². The highest BCUT2D eigenvalue weighted by Gasteiger charge is 2.61. The molecule has 0 unspecified atom stereocenters. The van der Waals surface area contributed by atoms with Crippen molar-refractivity contribution in [1.29, 1.82) is 0 Å². The maximum Gasteiger partial charge on any atom is 0.410 e. The average Bonchev–Trinajstić information content (AvgIpc) is 1.95. The van der Waals surface area contributed by atoms with Gasteiger partial charge >= 0.3 is 7.94 Å². The summed E-state index contributed by atoms with van der Waals surface area (Å²) in [6.07, 6.45) is 1.50. The Balaban J connectivity index is 5.16. The van der Waals surface area contributed by atoms with Crippen molar-refractivity contribution in [2.45, 2.75) is 52.6 Å². The number of rotatable bonds is 5. The molecule has 0 atom stereocenters. The van der Waals surface area contributed by atoms with Crippen LogP contribution in [0, 0.1) is 11.8 Å². The molecule has 0 amide bonds. The van der Waals surface area contributed by atoms with Gasteiger partial charge in [0, 0.05) is 11.8 Å². The predicted molar refractivity (Wildman–Crippen MR) is 60.9 cm³/mol. The molecule has 4 heteroatoms. The van der Waals surface area contributed by atoms with E-state index in [0.29, 0.717) is 6.42 Å². The Hall–Kier alpha value is 0.310. The highest BCUT2D eigenvalue weighted by atomic mass is 31.2. The van der Waals surface area contributed by atoms with Gasteiger partial charge in [-0.25, -0.2) is 0 Å².